The summed E-state index contributed by atoms with van der Waals surface area (Å²) in [6, 6.07) is 15.7. The molecule has 150 valence electrons. The zero-order chi connectivity index (χ0) is 19.3. The van der Waals surface area contributed by atoms with Crippen molar-refractivity contribution in [2.75, 3.05) is 57.3 Å². The van der Waals surface area contributed by atoms with Crippen molar-refractivity contribution in [2.24, 2.45) is 5.73 Å². The van der Waals surface area contributed by atoms with Crippen LogP contribution in [-0.4, -0.2) is 62.2 Å². The summed E-state index contributed by atoms with van der Waals surface area (Å²) in [7, 11) is 0. The Hall–Kier alpha value is -1.53. The van der Waals surface area contributed by atoms with Gasteiger partial charge in [0.05, 0.1) is 11.4 Å². The van der Waals surface area contributed by atoms with E-state index in [1.807, 2.05) is 11.8 Å². The van der Waals surface area contributed by atoms with Crippen LogP contribution < -0.4 is 10.6 Å². The number of benzene rings is 2. The van der Waals surface area contributed by atoms with Gasteiger partial charge >= 0.3 is 0 Å². The molecule has 2 aromatic carbocycles. The van der Waals surface area contributed by atoms with E-state index in [0.29, 0.717) is 0 Å². The summed E-state index contributed by atoms with van der Waals surface area (Å²) in [6.45, 7) is 11.1. The molecule has 0 bridgehead atoms. The second-order valence-corrected chi connectivity index (χ2v) is 8.96. The summed E-state index contributed by atoms with van der Waals surface area (Å²) in [4.78, 5) is 10.5. The number of para-hydroxylation sites is 1. The van der Waals surface area contributed by atoms with Crippen molar-refractivity contribution in [1.82, 2.24) is 9.80 Å². The molecule has 2 heterocycles. The Bertz CT molecular complexity index is 786. The van der Waals surface area contributed by atoms with Crippen LogP contribution in [0.5, 0.6) is 0 Å². The number of nitrogens with zero attached hydrogens (tertiary/aromatic N) is 3. The van der Waals surface area contributed by atoms with Gasteiger partial charge in [0.2, 0.25) is 0 Å². The lowest BCUT2D eigenvalue weighted by Crippen LogP contribution is -2.47. The van der Waals surface area contributed by atoms with Crippen LogP contribution in [0.2, 0.25) is 0 Å². The number of anilines is 2. The van der Waals surface area contributed by atoms with Gasteiger partial charge in [0.1, 0.15) is 0 Å². The molecule has 2 aromatic rings. The van der Waals surface area contributed by atoms with Gasteiger partial charge in [-0.1, -0.05) is 30.0 Å². The van der Waals surface area contributed by atoms with Gasteiger partial charge in [-0.15, -0.1) is 0 Å². The van der Waals surface area contributed by atoms with E-state index >= 15 is 0 Å². The molecule has 5 heteroatoms. The molecule has 0 aromatic heterocycles. The van der Waals surface area contributed by atoms with Crippen LogP contribution in [0.25, 0.3) is 0 Å². The van der Waals surface area contributed by atoms with Gasteiger partial charge in [0, 0.05) is 42.5 Å². The van der Waals surface area contributed by atoms with Crippen molar-refractivity contribution in [2.45, 2.75) is 29.6 Å². The van der Waals surface area contributed by atoms with Crippen molar-refractivity contribution in [3.8, 4) is 0 Å². The number of piperazine rings is 1. The van der Waals surface area contributed by atoms with Gasteiger partial charge in [-0.05, 0) is 69.2 Å². The second kappa shape index (κ2) is 9.31. The Balaban J connectivity index is 1.37. The van der Waals surface area contributed by atoms with Gasteiger partial charge in [-0.3, -0.25) is 0 Å². The first-order valence-electron chi connectivity index (χ1n) is 10.5. The largest absolute Gasteiger partial charge is 0.340 e. The Morgan fingerprint density at radius 1 is 0.821 bits per heavy atom. The van der Waals surface area contributed by atoms with E-state index in [2.05, 4.69) is 64.1 Å². The molecule has 4 nitrogen and oxygen atoms in total. The predicted octanol–water partition coefficient (Wildman–Crippen LogP) is 3.95. The molecule has 0 saturated carbocycles. The predicted molar refractivity (Wildman–Crippen MR) is 120 cm³/mol. The molecule has 1 saturated heterocycles. The number of rotatable bonds is 7. The van der Waals surface area contributed by atoms with Gasteiger partial charge in [0.15, 0.2) is 0 Å². The van der Waals surface area contributed by atoms with E-state index in [1.165, 1.54) is 65.9 Å². The van der Waals surface area contributed by atoms with E-state index in [0.717, 1.165) is 26.1 Å². The van der Waals surface area contributed by atoms with Crippen LogP contribution >= 0.6 is 11.8 Å². The van der Waals surface area contributed by atoms with Crippen LogP contribution in [0.4, 0.5) is 11.4 Å². The summed E-state index contributed by atoms with van der Waals surface area (Å²) >= 11 is 1.90. The highest BCUT2D eigenvalue weighted by molar-refractivity contribution is 7.99. The van der Waals surface area contributed by atoms with Crippen LogP contribution in [-0.2, 0) is 0 Å². The minimum atomic E-state index is 0.802. The minimum Gasteiger partial charge on any atom is -0.340 e. The van der Waals surface area contributed by atoms with E-state index in [9.17, 15) is 0 Å². The smallest absolute Gasteiger partial charge is 0.0555 e. The number of aryl methyl sites for hydroxylation is 1. The molecule has 2 aliphatic rings. The van der Waals surface area contributed by atoms with Gasteiger partial charge < -0.3 is 20.4 Å². The summed E-state index contributed by atoms with van der Waals surface area (Å²) in [5, 5.41) is 0. The number of fused-ring (bicyclic) bond motifs is 2. The average molecular weight is 397 g/mol. The van der Waals surface area contributed by atoms with Crippen molar-refractivity contribution in [3.05, 3.63) is 48.0 Å². The first-order chi connectivity index (χ1) is 13.7. The van der Waals surface area contributed by atoms with Crippen molar-refractivity contribution in [3.63, 3.8) is 0 Å². The SMILES string of the molecule is Cc1ccc2c(c1)N(CCCN1CCN(CCCN)CC1)c1ccccc1S2. The molecule has 28 heavy (non-hydrogen) atoms. The fourth-order valence-corrected chi connectivity index (χ4v) is 5.26. The van der Waals surface area contributed by atoms with Gasteiger partial charge in [-0.2, -0.15) is 0 Å². The normalized spacial score (nSPS) is 17.4. The lowest BCUT2D eigenvalue weighted by Gasteiger charge is -2.36. The monoisotopic (exact) mass is 396 g/mol. The van der Waals surface area contributed by atoms with E-state index in [1.54, 1.807) is 0 Å². The van der Waals surface area contributed by atoms with Crippen LogP contribution in [0, 0.1) is 6.92 Å². The number of nitrogens with two attached hydrogens (primary N) is 1. The average Bonchev–Trinajstić information content (AvgIpc) is 2.73. The maximum Gasteiger partial charge on any atom is 0.0555 e. The minimum absolute atomic E-state index is 0.802. The summed E-state index contributed by atoms with van der Waals surface area (Å²) in [6.07, 6.45) is 2.31. The Morgan fingerprint density at radius 2 is 1.50 bits per heavy atom. The van der Waals surface area contributed by atoms with E-state index < -0.39 is 0 Å². The second-order valence-electron chi connectivity index (χ2n) is 7.87. The molecule has 0 aliphatic carbocycles. The van der Waals surface area contributed by atoms with Crippen molar-refractivity contribution in [1.29, 1.82) is 0 Å². The molecule has 0 atom stereocenters. The highest BCUT2D eigenvalue weighted by atomic mass is 32.2. The summed E-state index contributed by atoms with van der Waals surface area (Å²) in [5.41, 5.74) is 9.70. The maximum atomic E-state index is 5.64. The standard InChI is InChI=1S/C23H32N4S/c1-19-8-9-23-21(18-19)27(20-6-2-3-7-22(20)28-23)13-5-12-26-16-14-25(15-17-26)11-4-10-24/h2-3,6-9,18H,4-5,10-17,24H2,1H3. The van der Waals surface area contributed by atoms with E-state index in [-0.39, 0.29) is 0 Å². The maximum absolute atomic E-state index is 5.64. The van der Waals surface area contributed by atoms with Crippen LogP contribution in [0.3, 0.4) is 0 Å². The van der Waals surface area contributed by atoms with Crippen LogP contribution in [0.1, 0.15) is 18.4 Å². The first-order valence-corrected chi connectivity index (χ1v) is 11.4. The Morgan fingerprint density at radius 3 is 2.25 bits per heavy atom. The number of hydrogen-bond acceptors (Lipinski definition) is 5. The third-order valence-corrected chi connectivity index (χ3v) is 6.91. The highest BCUT2D eigenvalue weighted by Crippen LogP contribution is 2.48. The molecular weight excluding hydrogens is 364 g/mol. The fraction of sp³-hybridized carbons (Fsp3) is 0.478. The third-order valence-electron chi connectivity index (χ3n) is 5.78. The highest BCUT2D eigenvalue weighted by Gasteiger charge is 2.23. The zero-order valence-electron chi connectivity index (χ0n) is 16.9. The molecule has 0 radical (unpaired) electrons. The Labute approximate surface area is 173 Å². The molecule has 0 unspecified atom stereocenters. The lowest BCUT2D eigenvalue weighted by atomic mass is 10.1. The first kappa shape index (κ1) is 19.8. The van der Waals surface area contributed by atoms with Crippen molar-refractivity contribution < 1.29 is 0 Å². The summed E-state index contributed by atoms with van der Waals surface area (Å²) in [5.74, 6) is 0. The third kappa shape index (κ3) is 4.54. The molecular formula is C23H32N4S. The molecule has 2 aliphatic heterocycles. The summed E-state index contributed by atoms with van der Waals surface area (Å²) < 4.78 is 0. The zero-order valence-corrected chi connectivity index (χ0v) is 17.8. The van der Waals surface area contributed by atoms with Gasteiger partial charge in [-0.25, -0.2) is 0 Å². The van der Waals surface area contributed by atoms with Crippen molar-refractivity contribution >= 4 is 23.1 Å². The molecule has 1 fully saturated rings. The van der Waals surface area contributed by atoms with Crippen LogP contribution in [0.15, 0.2) is 52.3 Å². The van der Waals surface area contributed by atoms with Gasteiger partial charge in [0.25, 0.3) is 0 Å². The fourth-order valence-electron chi connectivity index (χ4n) is 4.18. The topological polar surface area (TPSA) is 35.7 Å². The quantitative estimate of drug-likeness (QED) is 0.767. The molecule has 0 spiro atoms. The Kier molecular flexibility index (Phi) is 6.58. The number of hydrogen-bond donors (Lipinski definition) is 1. The van der Waals surface area contributed by atoms with E-state index in [4.69, 9.17) is 5.73 Å². The molecule has 0 amide bonds. The lowest BCUT2D eigenvalue weighted by molar-refractivity contribution is 0.131. The molecule has 4 rings (SSSR count). The molecule has 2 N–H and O–H groups in total.